The number of hydrogen-bond donors (Lipinski definition) is 0. The Hall–Kier alpha value is -1.98. The lowest BCUT2D eigenvalue weighted by Gasteiger charge is -2.27. The maximum Gasteiger partial charge on any atom is 0.272 e. The molecule has 5 nitrogen and oxygen atoms in total. The van der Waals surface area contributed by atoms with Gasteiger partial charge < -0.3 is 4.90 Å². The molecule has 0 saturated carbocycles. The first-order chi connectivity index (χ1) is 8.08. The van der Waals surface area contributed by atoms with Gasteiger partial charge in [0, 0.05) is 19.0 Å². The molecule has 0 aliphatic carbocycles. The SMILES string of the molecule is O=C1CCCN(c2ccc([N+](=O)[O-])cc2F)C1. The highest BCUT2D eigenvalue weighted by atomic mass is 19.1. The van der Waals surface area contributed by atoms with Gasteiger partial charge in [-0.05, 0) is 12.5 Å². The van der Waals surface area contributed by atoms with E-state index in [-0.39, 0.29) is 23.7 Å². The van der Waals surface area contributed by atoms with Crippen molar-refractivity contribution in [3.63, 3.8) is 0 Å². The number of carbonyl (C=O) groups is 1. The molecule has 1 aromatic carbocycles. The molecule has 2 rings (SSSR count). The van der Waals surface area contributed by atoms with E-state index in [1.807, 2.05) is 0 Å². The van der Waals surface area contributed by atoms with E-state index in [1.54, 1.807) is 4.90 Å². The van der Waals surface area contributed by atoms with Gasteiger partial charge >= 0.3 is 0 Å². The molecule has 0 radical (unpaired) electrons. The number of rotatable bonds is 2. The third-order valence-electron chi connectivity index (χ3n) is 2.73. The summed E-state index contributed by atoms with van der Waals surface area (Å²) in [6.45, 7) is 0.773. The number of Topliss-reactive ketones (excluding diaryl/α,β-unsaturated/α-hetero) is 1. The Balaban J connectivity index is 2.26. The summed E-state index contributed by atoms with van der Waals surface area (Å²) in [5, 5.41) is 10.5. The molecule has 17 heavy (non-hydrogen) atoms. The van der Waals surface area contributed by atoms with Crippen LogP contribution in [-0.2, 0) is 4.79 Å². The van der Waals surface area contributed by atoms with Gasteiger partial charge in [0.1, 0.15) is 0 Å². The molecule has 0 aromatic heterocycles. The van der Waals surface area contributed by atoms with E-state index < -0.39 is 10.7 Å². The van der Waals surface area contributed by atoms with Crippen LogP contribution in [0, 0.1) is 15.9 Å². The number of carbonyl (C=O) groups excluding carboxylic acids is 1. The van der Waals surface area contributed by atoms with Gasteiger partial charge in [-0.1, -0.05) is 0 Å². The molecule has 6 heteroatoms. The molecular formula is C11H11FN2O3. The smallest absolute Gasteiger partial charge is 0.272 e. The van der Waals surface area contributed by atoms with Crippen molar-refractivity contribution in [3.05, 3.63) is 34.1 Å². The Morgan fingerprint density at radius 2 is 2.18 bits per heavy atom. The standard InChI is InChI=1S/C11H11FN2O3/c12-10-6-8(14(16)17)3-4-11(10)13-5-1-2-9(15)7-13/h3-4,6H,1-2,5,7H2. The maximum absolute atomic E-state index is 13.7. The fourth-order valence-electron chi connectivity index (χ4n) is 1.91. The van der Waals surface area contributed by atoms with E-state index in [0.717, 1.165) is 6.07 Å². The third-order valence-corrected chi connectivity index (χ3v) is 2.73. The predicted molar refractivity (Wildman–Crippen MR) is 59.5 cm³/mol. The van der Waals surface area contributed by atoms with Gasteiger partial charge in [0.2, 0.25) is 0 Å². The first-order valence-electron chi connectivity index (χ1n) is 5.28. The van der Waals surface area contributed by atoms with Gasteiger partial charge in [-0.25, -0.2) is 4.39 Å². The monoisotopic (exact) mass is 238 g/mol. The van der Waals surface area contributed by atoms with Crippen molar-refractivity contribution in [1.82, 2.24) is 0 Å². The molecule has 0 amide bonds. The second kappa shape index (κ2) is 4.48. The summed E-state index contributed by atoms with van der Waals surface area (Å²) < 4.78 is 13.7. The zero-order valence-corrected chi connectivity index (χ0v) is 9.06. The van der Waals surface area contributed by atoms with Crippen molar-refractivity contribution in [2.75, 3.05) is 18.0 Å². The van der Waals surface area contributed by atoms with Crippen LogP contribution < -0.4 is 4.90 Å². The molecule has 1 aromatic rings. The van der Waals surface area contributed by atoms with E-state index in [4.69, 9.17) is 0 Å². The summed E-state index contributed by atoms with van der Waals surface area (Å²) in [5.74, 6) is -0.595. The van der Waals surface area contributed by atoms with Crippen molar-refractivity contribution in [1.29, 1.82) is 0 Å². The zero-order chi connectivity index (χ0) is 12.4. The Bertz CT molecular complexity index is 476. The minimum Gasteiger partial charge on any atom is -0.362 e. The van der Waals surface area contributed by atoms with Crippen LogP contribution in [0.1, 0.15) is 12.8 Å². The summed E-state index contributed by atoms with van der Waals surface area (Å²) in [5.41, 5.74) is -0.0294. The second-order valence-electron chi connectivity index (χ2n) is 3.96. The van der Waals surface area contributed by atoms with Crippen LogP contribution in [0.5, 0.6) is 0 Å². The van der Waals surface area contributed by atoms with Gasteiger partial charge in [0.25, 0.3) is 5.69 Å². The second-order valence-corrected chi connectivity index (χ2v) is 3.96. The maximum atomic E-state index is 13.7. The minimum atomic E-state index is -0.658. The van der Waals surface area contributed by atoms with Gasteiger partial charge in [-0.2, -0.15) is 0 Å². The molecule has 1 saturated heterocycles. The first-order valence-corrected chi connectivity index (χ1v) is 5.28. The summed E-state index contributed by atoms with van der Waals surface area (Å²) in [4.78, 5) is 22.7. The Morgan fingerprint density at radius 3 is 2.76 bits per heavy atom. The molecule has 1 fully saturated rings. The van der Waals surface area contributed by atoms with Crippen LogP contribution >= 0.6 is 0 Å². The molecule has 0 unspecified atom stereocenters. The summed E-state index contributed by atoms with van der Waals surface area (Å²) >= 11 is 0. The molecule has 1 aliphatic heterocycles. The number of nitro groups is 1. The molecule has 0 atom stereocenters. The fraction of sp³-hybridized carbons (Fsp3) is 0.364. The number of ketones is 1. The van der Waals surface area contributed by atoms with E-state index in [0.29, 0.717) is 19.4 Å². The lowest BCUT2D eigenvalue weighted by atomic mass is 10.1. The van der Waals surface area contributed by atoms with E-state index in [2.05, 4.69) is 0 Å². The van der Waals surface area contributed by atoms with Crippen LogP contribution in [0.2, 0.25) is 0 Å². The number of nitro benzene ring substituents is 1. The van der Waals surface area contributed by atoms with Crippen molar-refractivity contribution in [2.24, 2.45) is 0 Å². The van der Waals surface area contributed by atoms with Gasteiger partial charge in [-0.15, -0.1) is 0 Å². The van der Waals surface area contributed by atoms with Crippen LogP contribution in [0.3, 0.4) is 0 Å². The minimum absolute atomic E-state index is 0.0639. The molecule has 1 heterocycles. The molecule has 0 spiro atoms. The van der Waals surface area contributed by atoms with E-state index in [9.17, 15) is 19.3 Å². The topological polar surface area (TPSA) is 63.5 Å². The molecule has 0 bridgehead atoms. The van der Waals surface area contributed by atoms with Crippen molar-refractivity contribution in [3.8, 4) is 0 Å². The first kappa shape index (κ1) is 11.5. The average Bonchev–Trinajstić information content (AvgIpc) is 2.28. The number of benzene rings is 1. The van der Waals surface area contributed by atoms with Gasteiger partial charge in [0.05, 0.1) is 23.2 Å². The quantitative estimate of drug-likeness (QED) is 0.583. The number of non-ortho nitro benzene ring substituents is 1. The highest BCUT2D eigenvalue weighted by Crippen LogP contribution is 2.25. The summed E-state index contributed by atoms with van der Waals surface area (Å²) in [6.07, 6.45) is 1.21. The normalized spacial score (nSPS) is 16.1. The number of anilines is 1. The van der Waals surface area contributed by atoms with Crippen molar-refractivity contribution in [2.45, 2.75) is 12.8 Å². The lowest BCUT2D eigenvalue weighted by Crippen LogP contribution is -2.36. The van der Waals surface area contributed by atoms with Crippen LogP contribution in [0.25, 0.3) is 0 Å². The number of hydrogen-bond acceptors (Lipinski definition) is 4. The number of halogens is 1. The summed E-state index contributed by atoms with van der Waals surface area (Å²) in [6, 6.07) is 3.48. The van der Waals surface area contributed by atoms with E-state index in [1.165, 1.54) is 12.1 Å². The largest absolute Gasteiger partial charge is 0.362 e. The average molecular weight is 238 g/mol. The Labute approximate surface area is 97.0 Å². The third kappa shape index (κ3) is 2.41. The van der Waals surface area contributed by atoms with Crippen LogP contribution in [0.4, 0.5) is 15.8 Å². The summed E-state index contributed by atoms with van der Waals surface area (Å²) in [7, 11) is 0. The van der Waals surface area contributed by atoms with Crippen LogP contribution in [0.15, 0.2) is 18.2 Å². The fourth-order valence-corrected chi connectivity index (χ4v) is 1.91. The van der Waals surface area contributed by atoms with Gasteiger partial charge in [-0.3, -0.25) is 14.9 Å². The Kier molecular flexibility index (Phi) is 3.03. The van der Waals surface area contributed by atoms with Gasteiger partial charge in [0.15, 0.2) is 11.6 Å². The Morgan fingerprint density at radius 1 is 1.41 bits per heavy atom. The highest BCUT2D eigenvalue weighted by molar-refractivity contribution is 5.84. The lowest BCUT2D eigenvalue weighted by molar-refractivity contribution is -0.385. The number of piperidine rings is 1. The zero-order valence-electron chi connectivity index (χ0n) is 9.06. The van der Waals surface area contributed by atoms with Crippen molar-refractivity contribution >= 4 is 17.2 Å². The van der Waals surface area contributed by atoms with Crippen molar-refractivity contribution < 1.29 is 14.1 Å². The molecule has 90 valence electrons. The molecule has 0 N–H and O–H groups in total. The number of nitrogens with zero attached hydrogens (tertiary/aromatic N) is 2. The molecular weight excluding hydrogens is 227 g/mol. The predicted octanol–water partition coefficient (Wildman–Crippen LogP) is 1.90. The highest BCUT2D eigenvalue weighted by Gasteiger charge is 2.21. The van der Waals surface area contributed by atoms with Crippen LogP contribution in [-0.4, -0.2) is 23.8 Å². The van der Waals surface area contributed by atoms with E-state index >= 15 is 0 Å². The molecule has 1 aliphatic rings.